The van der Waals surface area contributed by atoms with E-state index < -0.39 is 0 Å². The number of aliphatic imine (C=N–C) groups is 1. The van der Waals surface area contributed by atoms with Crippen molar-refractivity contribution in [3.8, 4) is 0 Å². The SMILES string of the molecule is CCCCOCCCNC(=NC)NCc1ccc(C)cc1.I. The summed E-state index contributed by atoms with van der Waals surface area (Å²) in [5, 5.41) is 6.62. The van der Waals surface area contributed by atoms with Gasteiger partial charge in [0, 0.05) is 33.4 Å². The van der Waals surface area contributed by atoms with Gasteiger partial charge in [-0.2, -0.15) is 0 Å². The standard InChI is InChI=1S/C17H29N3O.HI/c1-4-5-12-21-13-6-11-19-17(18-3)20-14-16-9-7-15(2)8-10-16;/h7-10H,4-6,11-14H2,1-3H3,(H2,18,19,20);1H. The highest BCUT2D eigenvalue weighted by Gasteiger charge is 1.98. The zero-order chi connectivity index (χ0) is 15.3. The summed E-state index contributed by atoms with van der Waals surface area (Å²) >= 11 is 0. The summed E-state index contributed by atoms with van der Waals surface area (Å²) in [5.74, 6) is 0.837. The molecular weight excluding hydrogens is 389 g/mol. The first-order valence-corrected chi connectivity index (χ1v) is 7.84. The van der Waals surface area contributed by atoms with Crippen LogP contribution in [0.4, 0.5) is 0 Å². The second-order valence-corrected chi connectivity index (χ2v) is 5.16. The average molecular weight is 419 g/mol. The van der Waals surface area contributed by atoms with Crippen molar-refractivity contribution in [2.24, 2.45) is 4.99 Å². The topological polar surface area (TPSA) is 45.6 Å². The molecule has 0 aliphatic carbocycles. The Labute approximate surface area is 152 Å². The molecule has 4 nitrogen and oxygen atoms in total. The summed E-state index contributed by atoms with van der Waals surface area (Å²) in [7, 11) is 1.79. The number of halogens is 1. The number of unbranched alkanes of at least 4 members (excludes halogenated alkanes) is 1. The zero-order valence-electron chi connectivity index (χ0n) is 14.0. The van der Waals surface area contributed by atoms with Crippen molar-refractivity contribution in [3.05, 3.63) is 35.4 Å². The molecule has 0 radical (unpaired) electrons. The molecule has 0 amide bonds. The van der Waals surface area contributed by atoms with Crippen LogP contribution in [-0.2, 0) is 11.3 Å². The van der Waals surface area contributed by atoms with Gasteiger partial charge in [-0.25, -0.2) is 0 Å². The molecule has 0 atom stereocenters. The fraction of sp³-hybridized carbons (Fsp3) is 0.588. The molecule has 0 fully saturated rings. The van der Waals surface area contributed by atoms with Crippen LogP contribution < -0.4 is 10.6 Å². The molecule has 0 heterocycles. The summed E-state index contributed by atoms with van der Waals surface area (Å²) in [5.41, 5.74) is 2.54. The molecule has 0 unspecified atom stereocenters. The van der Waals surface area contributed by atoms with Gasteiger partial charge in [0.25, 0.3) is 0 Å². The Kier molecular flexibility index (Phi) is 13.3. The van der Waals surface area contributed by atoms with Gasteiger partial charge in [-0.15, -0.1) is 24.0 Å². The van der Waals surface area contributed by atoms with Crippen LogP contribution in [0, 0.1) is 6.92 Å². The Bertz CT molecular complexity index is 407. The molecule has 0 saturated carbocycles. The van der Waals surface area contributed by atoms with Gasteiger partial charge in [0.05, 0.1) is 0 Å². The van der Waals surface area contributed by atoms with Crippen LogP contribution >= 0.6 is 24.0 Å². The van der Waals surface area contributed by atoms with Crippen molar-refractivity contribution in [2.45, 2.75) is 39.7 Å². The molecule has 1 aromatic rings. The Morgan fingerprint density at radius 2 is 1.77 bits per heavy atom. The number of nitrogens with zero attached hydrogens (tertiary/aromatic N) is 1. The van der Waals surface area contributed by atoms with E-state index in [0.717, 1.165) is 45.1 Å². The Morgan fingerprint density at radius 1 is 1.09 bits per heavy atom. The average Bonchev–Trinajstić information content (AvgIpc) is 2.51. The molecule has 126 valence electrons. The molecule has 1 aromatic carbocycles. The van der Waals surface area contributed by atoms with E-state index in [2.05, 4.69) is 53.7 Å². The number of hydrogen-bond donors (Lipinski definition) is 2. The van der Waals surface area contributed by atoms with Crippen LogP contribution in [0.3, 0.4) is 0 Å². The van der Waals surface area contributed by atoms with Gasteiger partial charge in [0.1, 0.15) is 0 Å². The predicted molar refractivity (Wildman–Crippen MR) is 105 cm³/mol. The summed E-state index contributed by atoms with van der Waals surface area (Å²) in [6.07, 6.45) is 3.33. The summed E-state index contributed by atoms with van der Waals surface area (Å²) in [4.78, 5) is 4.22. The molecule has 1 rings (SSSR count). The van der Waals surface area contributed by atoms with Gasteiger partial charge in [-0.3, -0.25) is 4.99 Å². The van der Waals surface area contributed by atoms with Crippen molar-refractivity contribution in [3.63, 3.8) is 0 Å². The minimum absolute atomic E-state index is 0. The molecule has 5 heteroatoms. The Hall–Kier alpha value is -0.820. The van der Waals surface area contributed by atoms with Gasteiger partial charge in [-0.1, -0.05) is 43.2 Å². The third-order valence-corrected chi connectivity index (χ3v) is 3.20. The lowest BCUT2D eigenvalue weighted by molar-refractivity contribution is 0.129. The summed E-state index contributed by atoms with van der Waals surface area (Å²) in [6, 6.07) is 8.52. The first-order chi connectivity index (χ1) is 10.3. The number of hydrogen-bond acceptors (Lipinski definition) is 2. The van der Waals surface area contributed by atoms with Crippen molar-refractivity contribution in [1.82, 2.24) is 10.6 Å². The molecule has 0 aromatic heterocycles. The highest BCUT2D eigenvalue weighted by molar-refractivity contribution is 14.0. The van der Waals surface area contributed by atoms with Crippen molar-refractivity contribution < 1.29 is 4.74 Å². The van der Waals surface area contributed by atoms with Crippen molar-refractivity contribution >= 4 is 29.9 Å². The fourth-order valence-electron chi connectivity index (χ4n) is 1.84. The number of aryl methyl sites for hydroxylation is 1. The normalized spacial score (nSPS) is 11.0. The van der Waals surface area contributed by atoms with Crippen LogP contribution in [0.15, 0.2) is 29.3 Å². The molecular formula is C17H30IN3O. The minimum atomic E-state index is 0. The molecule has 0 bridgehead atoms. The first-order valence-electron chi connectivity index (χ1n) is 7.84. The van der Waals surface area contributed by atoms with Gasteiger partial charge in [-0.05, 0) is 25.3 Å². The number of guanidine groups is 1. The van der Waals surface area contributed by atoms with Crippen molar-refractivity contribution in [2.75, 3.05) is 26.8 Å². The third kappa shape index (κ3) is 10.00. The maximum absolute atomic E-state index is 5.53. The molecule has 0 aliphatic heterocycles. The zero-order valence-corrected chi connectivity index (χ0v) is 16.4. The van der Waals surface area contributed by atoms with Gasteiger partial charge in [0.2, 0.25) is 0 Å². The lowest BCUT2D eigenvalue weighted by atomic mass is 10.1. The van der Waals surface area contributed by atoms with Gasteiger partial charge < -0.3 is 15.4 Å². The van der Waals surface area contributed by atoms with E-state index >= 15 is 0 Å². The number of nitrogens with one attached hydrogen (secondary N) is 2. The monoisotopic (exact) mass is 419 g/mol. The minimum Gasteiger partial charge on any atom is -0.381 e. The van der Waals surface area contributed by atoms with Crippen LogP contribution in [0.5, 0.6) is 0 Å². The third-order valence-electron chi connectivity index (χ3n) is 3.20. The van der Waals surface area contributed by atoms with E-state index in [1.165, 1.54) is 17.5 Å². The van der Waals surface area contributed by atoms with Crippen LogP contribution in [0.25, 0.3) is 0 Å². The largest absolute Gasteiger partial charge is 0.381 e. The fourth-order valence-corrected chi connectivity index (χ4v) is 1.84. The number of ether oxygens (including phenoxy) is 1. The molecule has 0 saturated heterocycles. The van der Waals surface area contributed by atoms with Crippen LogP contribution in [0.1, 0.15) is 37.3 Å². The molecule has 2 N–H and O–H groups in total. The van der Waals surface area contributed by atoms with E-state index in [4.69, 9.17) is 4.74 Å². The van der Waals surface area contributed by atoms with E-state index in [-0.39, 0.29) is 24.0 Å². The maximum atomic E-state index is 5.53. The number of benzene rings is 1. The Morgan fingerprint density at radius 3 is 2.41 bits per heavy atom. The van der Waals surface area contributed by atoms with E-state index in [9.17, 15) is 0 Å². The highest BCUT2D eigenvalue weighted by Crippen LogP contribution is 2.02. The van der Waals surface area contributed by atoms with E-state index in [1.807, 2.05) is 0 Å². The second kappa shape index (κ2) is 13.8. The lowest BCUT2D eigenvalue weighted by Gasteiger charge is -2.12. The predicted octanol–water partition coefficient (Wildman–Crippen LogP) is 3.48. The second-order valence-electron chi connectivity index (χ2n) is 5.16. The molecule has 0 aliphatic rings. The highest BCUT2D eigenvalue weighted by atomic mass is 127. The lowest BCUT2D eigenvalue weighted by Crippen LogP contribution is -2.37. The van der Waals surface area contributed by atoms with E-state index in [1.54, 1.807) is 7.05 Å². The molecule has 0 spiro atoms. The maximum Gasteiger partial charge on any atom is 0.191 e. The van der Waals surface area contributed by atoms with E-state index in [0.29, 0.717) is 0 Å². The van der Waals surface area contributed by atoms with Crippen LogP contribution in [0.2, 0.25) is 0 Å². The Balaban J connectivity index is 0.00000441. The number of rotatable bonds is 9. The van der Waals surface area contributed by atoms with Gasteiger partial charge >= 0.3 is 0 Å². The summed E-state index contributed by atoms with van der Waals surface area (Å²) < 4.78 is 5.53. The van der Waals surface area contributed by atoms with Crippen LogP contribution in [-0.4, -0.2) is 32.8 Å². The quantitative estimate of drug-likeness (QED) is 0.279. The smallest absolute Gasteiger partial charge is 0.191 e. The van der Waals surface area contributed by atoms with Crippen molar-refractivity contribution in [1.29, 1.82) is 0 Å². The first kappa shape index (κ1) is 21.2. The van der Waals surface area contributed by atoms with Gasteiger partial charge in [0.15, 0.2) is 5.96 Å². The summed E-state index contributed by atoms with van der Waals surface area (Å²) in [6.45, 7) is 7.61. The molecule has 22 heavy (non-hydrogen) atoms.